The van der Waals surface area contributed by atoms with Gasteiger partial charge in [-0.3, -0.25) is 4.68 Å². The van der Waals surface area contributed by atoms with E-state index in [0.29, 0.717) is 19.0 Å². The highest BCUT2D eigenvalue weighted by Gasteiger charge is 2.28. The number of hydrogen-bond acceptors (Lipinski definition) is 4. The molecule has 2 heterocycles. The average molecular weight is 315 g/mol. The smallest absolute Gasteiger partial charge is 0.279 e. The van der Waals surface area contributed by atoms with Crippen LogP contribution in [0.25, 0.3) is 0 Å². The van der Waals surface area contributed by atoms with Crippen LogP contribution in [0.4, 0.5) is 0 Å². The summed E-state index contributed by atoms with van der Waals surface area (Å²) in [5.41, 5.74) is 1.76. The first-order chi connectivity index (χ1) is 9.92. The average Bonchev–Trinajstić information content (AvgIpc) is 2.76. The molecule has 21 heavy (non-hydrogen) atoms. The lowest BCUT2D eigenvalue weighted by Crippen LogP contribution is -2.47. The summed E-state index contributed by atoms with van der Waals surface area (Å²) in [5, 5.41) is 7.35. The molecule has 0 spiro atoms. The van der Waals surface area contributed by atoms with E-state index in [2.05, 4.69) is 15.1 Å². The summed E-state index contributed by atoms with van der Waals surface area (Å²) < 4.78 is 30.7. The zero-order chi connectivity index (χ0) is 15.5. The Morgan fingerprint density at radius 1 is 1.48 bits per heavy atom. The third kappa shape index (κ3) is 4.26. The molecule has 2 rings (SSSR count). The molecule has 1 unspecified atom stereocenters. The van der Waals surface area contributed by atoms with E-state index in [-0.39, 0.29) is 6.54 Å². The molecule has 0 bridgehead atoms. The quantitative estimate of drug-likeness (QED) is 0.774. The minimum Gasteiger partial charge on any atom is -0.319 e. The van der Waals surface area contributed by atoms with E-state index in [1.54, 1.807) is 8.99 Å². The van der Waals surface area contributed by atoms with Crippen LogP contribution in [0, 0.1) is 12.8 Å². The molecule has 2 N–H and O–H groups in total. The van der Waals surface area contributed by atoms with Crippen molar-refractivity contribution in [2.75, 3.05) is 26.7 Å². The van der Waals surface area contributed by atoms with Crippen molar-refractivity contribution < 1.29 is 8.42 Å². The van der Waals surface area contributed by atoms with Crippen molar-refractivity contribution in [3.8, 4) is 0 Å². The molecule has 1 atom stereocenters. The van der Waals surface area contributed by atoms with Gasteiger partial charge in [0.25, 0.3) is 10.2 Å². The van der Waals surface area contributed by atoms with Crippen molar-refractivity contribution in [1.82, 2.24) is 24.1 Å². The van der Waals surface area contributed by atoms with Gasteiger partial charge in [-0.25, -0.2) is 0 Å². The standard InChI is InChI=1S/C13H25N5O2S/c1-11-13(10-17(3)16-11)8-15-21(19,20)18-6-4-5-12(9-18)7-14-2/h10,12,14-15H,4-9H2,1-3H3. The third-order valence-corrected chi connectivity index (χ3v) is 5.40. The molecular formula is C13H25N5O2S. The van der Waals surface area contributed by atoms with Crippen LogP contribution in [0.3, 0.4) is 0 Å². The number of nitrogens with one attached hydrogen (secondary N) is 2. The van der Waals surface area contributed by atoms with Gasteiger partial charge in [0.1, 0.15) is 0 Å². The Kier molecular flexibility index (Phi) is 5.37. The Balaban J connectivity index is 1.96. The van der Waals surface area contributed by atoms with Crippen molar-refractivity contribution in [3.05, 3.63) is 17.5 Å². The molecule has 1 aromatic rings. The van der Waals surface area contributed by atoms with Gasteiger partial charge >= 0.3 is 0 Å². The second kappa shape index (κ2) is 6.87. The largest absolute Gasteiger partial charge is 0.319 e. The maximum absolute atomic E-state index is 12.4. The molecule has 0 amide bonds. The lowest BCUT2D eigenvalue weighted by molar-refractivity contribution is 0.261. The van der Waals surface area contributed by atoms with Crippen molar-refractivity contribution in [3.63, 3.8) is 0 Å². The Hall–Kier alpha value is -0.960. The summed E-state index contributed by atoms with van der Waals surface area (Å²) in [6.45, 7) is 4.21. The molecule has 1 aliphatic rings. The monoisotopic (exact) mass is 315 g/mol. The van der Waals surface area contributed by atoms with Gasteiger partial charge in [0.05, 0.1) is 5.69 Å². The molecule has 1 fully saturated rings. The van der Waals surface area contributed by atoms with E-state index in [1.165, 1.54) is 0 Å². The van der Waals surface area contributed by atoms with Gasteiger partial charge in [0, 0.05) is 38.4 Å². The Morgan fingerprint density at radius 3 is 2.86 bits per heavy atom. The van der Waals surface area contributed by atoms with Crippen molar-refractivity contribution >= 4 is 10.2 Å². The van der Waals surface area contributed by atoms with Gasteiger partial charge < -0.3 is 5.32 Å². The van der Waals surface area contributed by atoms with Crippen LogP contribution in [0.2, 0.25) is 0 Å². The van der Waals surface area contributed by atoms with Gasteiger partial charge in [-0.1, -0.05) is 0 Å². The summed E-state index contributed by atoms with van der Waals surface area (Å²) in [6, 6.07) is 0. The van der Waals surface area contributed by atoms with E-state index in [1.807, 2.05) is 27.2 Å². The summed E-state index contributed by atoms with van der Waals surface area (Å²) >= 11 is 0. The Morgan fingerprint density at radius 2 is 2.24 bits per heavy atom. The van der Waals surface area contributed by atoms with Crippen LogP contribution in [-0.2, 0) is 23.8 Å². The van der Waals surface area contributed by atoms with Gasteiger partial charge in [0.2, 0.25) is 0 Å². The first kappa shape index (κ1) is 16.4. The molecule has 1 saturated heterocycles. The highest BCUT2D eigenvalue weighted by Crippen LogP contribution is 2.18. The van der Waals surface area contributed by atoms with Gasteiger partial charge in [-0.15, -0.1) is 0 Å². The number of piperidine rings is 1. The molecule has 1 aromatic heterocycles. The number of hydrogen-bond donors (Lipinski definition) is 2. The fraction of sp³-hybridized carbons (Fsp3) is 0.769. The maximum Gasteiger partial charge on any atom is 0.279 e. The molecule has 120 valence electrons. The van der Waals surface area contributed by atoms with Crippen molar-refractivity contribution in [2.24, 2.45) is 13.0 Å². The zero-order valence-electron chi connectivity index (χ0n) is 13.0. The third-order valence-electron chi connectivity index (χ3n) is 3.87. The lowest BCUT2D eigenvalue weighted by atomic mass is 10.00. The second-order valence-corrected chi connectivity index (χ2v) is 7.42. The fourth-order valence-electron chi connectivity index (χ4n) is 2.78. The molecule has 1 aliphatic heterocycles. The fourth-order valence-corrected chi connectivity index (χ4v) is 4.08. The molecule has 7 nitrogen and oxygen atoms in total. The molecule has 0 aliphatic carbocycles. The van der Waals surface area contributed by atoms with Crippen molar-refractivity contribution in [2.45, 2.75) is 26.3 Å². The van der Waals surface area contributed by atoms with Crippen molar-refractivity contribution in [1.29, 1.82) is 0 Å². The van der Waals surface area contributed by atoms with Gasteiger partial charge in [-0.05, 0) is 39.3 Å². The van der Waals surface area contributed by atoms with Crippen LogP contribution < -0.4 is 10.0 Å². The highest BCUT2D eigenvalue weighted by molar-refractivity contribution is 7.87. The van der Waals surface area contributed by atoms with E-state index in [9.17, 15) is 8.42 Å². The lowest BCUT2D eigenvalue weighted by Gasteiger charge is -2.31. The molecule has 0 radical (unpaired) electrons. The first-order valence-corrected chi connectivity index (χ1v) is 8.75. The van der Waals surface area contributed by atoms with Crippen LogP contribution in [0.15, 0.2) is 6.20 Å². The second-order valence-electron chi connectivity index (χ2n) is 5.66. The van der Waals surface area contributed by atoms with Gasteiger partial charge in [0.15, 0.2) is 0 Å². The van der Waals surface area contributed by atoms with Crippen LogP contribution in [-0.4, -0.2) is 49.2 Å². The predicted octanol–water partition coefficient (Wildman–Crippen LogP) is -0.00568. The zero-order valence-corrected chi connectivity index (χ0v) is 13.8. The van der Waals surface area contributed by atoms with Crippen LogP contribution in [0.5, 0.6) is 0 Å². The summed E-state index contributed by atoms with van der Waals surface area (Å²) in [5.74, 6) is 0.389. The minimum atomic E-state index is -3.42. The van der Waals surface area contributed by atoms with Crippen LogP contribution >= 0.6 is 0 Å². The van der Waals surface area contributed by atoms with Crippen LogP contribution in [0.1, 0.15) is 24.1 Å². The maximum atomic E-state index is 12.4. The SMILES string of the molecule is CNCC1CCCN(S(=O)(=O)NCc2cn(C)nc2C)C1. The number of aryl methyl sites for hydroxylation is 2. The number of rotatable bonds is 6. The summed E-state index contributed by atoms with van der Waals surface area (Å²) in [7, 11) is 0.309. The number of nitrogens with zero attached hydrogens (tertiary/aromatic N) is 3. The molecule has 0 aromatic carbocycles. The molecule has 8 heteroatoms. The topological polar surface area (TPSA) is 79.3 Å². The summed E-state index contributed by atoms with van der Waals surface area (Å²) in [6.07, 6.45) is 3.84. The first-order valence-electron chi connectivity index (χ1n) is 7.31. The molecular weight excluding hydrogens is 290 g/mol. The van der Waals surface area contributed by atoms with E-state index >= 15 is 0 Å². The van der Waals surface area contributed by atoms with E-state index in [4.69, 9.17) is 0 Å². The van der Waals surface area contributed by atoms with E-state index < -0.39 is 10.2 Å². The minimum absolute atomic E-state index is 0.287. The highest BCUT2D eigenvalue weighted by atomic mass is 32.2. The Bertz CT molecular complexity index is 567. The number of aromatic nitrogens is 2. The van der Waals surface area contributed by atoms with E-state index in [0.717, 1.165) is 30.6 Å². The van der Waals surface area contributed by atoms with Gasteiger partial charge in [-0.2, -0.15) is 22.5 Å². The Labute approximate surface area is 126 Å². The summed E-state index contributed by atoms with van der Waals surface area (Å²) in [4.78, 5) is 0. The normalized spacial score (nSPS) is 20.8. The predicted molar refractivity (Wildman–Crippen MR) is 81.9 cm³/mol. The molecule has 0 saturated carbocycles.